The number of likely N-dealkylation sites (tertiary alicyclic amines) is 1. The Kier molecular flexibility index (Phi) is 8.26. The van der Waals surface area contributed by atoms with Crippen molar-refractivity contribution < 1.29 is 23.8 Å². The Morgan fingerprint density at radius 3 is 2.49 bits per heavy atom. The Hall–Kier alpha value is -4.80. The molecule has 1 saturated heterocycles. The van der Waals surface area contributed by atoms with Crippen LogP contribution in [0.3, 0.4) is 0 Å². The van der Waals surface area contributed by atoms with Gasteiger partial charge in [0, 0.05) is 49.8 Å². The van der Waals surface area contributed by atoms with Crippen molar-refractivity contribution in [2.45, 2.75) is 44.7 Å². The maximum atomic E-state index is 13.6. The quantitative estimate of drug-likeness (QED) is 0.416. The van der Waals surface area contributed by atoms with Gasteiger partial charge in [-0.3, -0.25) is 19.2 Å². The standard InChI is InChI=1S/C34H38N4O7/c1-19(39)36-25-10-8-21-13-29(43-2)33(44-3)34(45-4)32(21)23-9-11-26(28(40)14-24(23)25)35-15-31(42)37-16-20-12-22(18-37)27-6-5-7-30(41)38(27)17-20/h5-7,9,11,13-14,20,22,25H,8,10,12,15-18H2,1-4H3,(H,35,40)(H,36,39). The summed E-state index contributed by atoms with van der Waals surface area (Å²) in [6, 6.07) is 11.9. The first kappa shape index (κ1) is 30.2. The molecule has 11 nitrogen and oxygen atoms in total. The number of piperidine rings is 1. The third-order valence-corrected chi connectivity index (χ3v) is 9.18. The Morgan fingerprint density at radius 2 is 1.76 bits per heavy atom. The molecule has 2 bridgehead atoms. The normalized spacial score (nSPS) is 19.6. The van der Waals surface area contributed by atoms with E-state index in [9.17, 15) is 19.2 Å². The van der Waals surface area contributed by atoms with Gasteiger partial charge in [0.05, 0.1) is 39.6 Å². The number of rotatable bonds is 7. The number of hydrogen-bond acceptors (Lipinski definition) is 8. The fourth-order valence-corrected chi connectivity index (χ4v) is 7.24. The van der Waals surface area contributed by atoms with Crippen LogP contribution in [0.4, 0.5) is 5.69 Å². The van der Waals surface area contributed by atoms with Gasteiger partial charge < -0.3 is 34.3 Å². The minimum Gasteiger partial charge on any atom is -0.493 e. The second-order valence-electron chi connectivity index (χ2n) is 11.9. The molecular formula is C34H38N4O7. The largest absolute Gasteiger partial charge is 0.493 e. The third-order valence-electron chi connectivity index (χ3n) is 9.18. The van der Waals surface area contributed by atoms with Crippen molar-refractivity contribution in [1.82, 2.24) is 14.8 Å². The lowest BCUT2D eigenvalue weighted by Crippen LogP contribution is -2.50. The average Bonchev–Trinajstić information content (AvgIpc) is 3.27. The molecule has 3 aromatic rings. The van der Waals surface area contributed by atoms with Crippen LogP contribution < -0.4 is 35.8 Å². The highest BCUT2D eigenvalue weighted by Crippen LogP contribution is 2.50. The molecule has 11 heteroatoms. The SMILES string of the molecule is COc1cc2c(c(OC)c1OC)-c1ccc(NCC(=O)N3CC4CC(C3)c3cccc(=O)n3C4)c(=O)cc1C(NC(C)=O)CC2. The van der Waals surface area contributed by atoms with Crippen LogP contribution in [-0.2, 0) is 22.6 Å². The lowest BCUT2D eigenvalue weighted by molar-refractivity contribution is -0.132. The van der Waals surface area contributed by atoms with Crippen molar-refractivity contribution in [2.24, 2.45) is 5.92 Å². The minimum atomic E-state index is -0.427. The summed E-state index contributed by atoms with van der Waals surface area (Å²) >= 11 is 0. The number of benzene rings is 1. The third kappa shape index (κ3) is 5.63. The molecule has 236 valence electrons. The molecule has 6 rings (SSSR count). The van der Waals surface area contributed by atoms with Gasteiger partial charge >= 0.3 is 0 Å². The van der Waals surface area contributed by atoms with Crippen LogP contribution in [0.15, 0.2) is 52.1 Å². The number of aryl methyl sites for hydroxylation is 1. The highest BCUT2D eigenvalue weighted by Gasteiger charge is 2.36. The Morgan fingerprint density at radius 1 is 0.956 bits per heavy atom. The summed E-state index contributed by atoms with van der Waals surface area (Å²) in [7, 11) is 4.66. The predicted molar refractivity (Wildman–Crippen MR) is 169 cm³/mol. The van der Waals surface area contributed by atoms with Gasteiger partial charge in [-0.15, -0.1) is 0 Å². The van der Waals surface area contributed by atoms with Crippen LogP contribution in [0.1, 0.15) is 48.5 Å². The summed E-state index contributed by atoms with van der Waals surface area (Å²) in [6.45, 7) is 3.10. The Bertz CT molecular complexity index is 1790. The Labute approximate surface area is 261 Å². The number of amides is 2. The number of carbonyl (C=O) groups is 2. The molecule has 1 fully saturated rings. The van der Waals surface area contributed by atoms with E-state index in [1.807, 2.05) is 27.7 Å². The van der Waals surface area contributed by atoms with Gasteiger partial charge in [-0.25, -0.2) is 0 Å². The second-order valence-corrected chi connectivity index (χ2v) is 11.9. The van der Waals surface area contributed by atoms with E-state index >= 15 is 0 Å². The number of methoxy groups -OCH3 is 3. The van der Waals surface area contributed by atoms with Crippen molar-refractivity contribution in [3.05, 3.63) is 79.9 Å². The van der Waals surface area contributed by atoms with E-state index in [0.29, 0.717) is 60.9 Å². The molecule has 0 spiro atoms. The van der Waals surface area contributed by atoms with Gasteiger partial charge in [-0.2, -0.15) is 0 Å². The van der Waals surface area contributed by atoms with E-state index in [1.54, 1.807) is 39.5 Å². The lowest BCUT2D eigenvalue weighted by atomic mass is 9.83. The van der Waals surface area contributed by atoms with Crippen LogP contribution in [-0.4, -0.2) is 62.2 Å². The van der Waals surface area contributed by atoms with E-state index in [2.05, 4.69) is 10.6 Å². The topological polar surface area (TPSA) is 128 Å². The summed E-state index contributed by atoms with van der Waals surface area (Å²) < 4.78 is 18.9. The number of pyridine rings is 1. The molecule has 3 unspecified atom stereocenters. The van der Waals surface area contributed by atoms with E-state index in [1.165, 1.54) is 13.0 Å². The van der Waals surface area contributed by atoms with Crippen molar-refractivity contribution in [1.29, 1.82) is 0 Å². The van der Waals surface area contributed by atoms with E-state index in [0.717, 1.165) is 23.2 Å². The van der Waals surface area contributed by atoms with Crippen LogP contribution in [0.2, 0.25) is 0 Å². The first-order chi connectivity index (χ1) is 21.7. The molecule has 2 aliphatic heterocycles. The minimum absolute atomic E-state index is 0.000493. The molecule has 3 atom stereocenters. The summed E-state index contributed by atoms with van der Waals surface area (Å²) in [5.74, 6) is 1.42. The number of hydrogen-bond donors (Lipinski definition) is 2. The highest BCUT2D eigenvalue weighted by molar-refractivity contribution is 5.84. The fourth-order valence-electron chi connectivity index (χ4n) is 7.24. The number of nitrogens with zero attached hydrogens (tertiary/aromatic N) is 2. The maximum absolute atomic E-state index is 13.6. The molecule has 0 saturated carbocycles. The molecule has 2 N–H and O–H groups in total. The van der Waals surface area contributed by atoms with Gasteiger partial charge in [-0.05, 0) is 66.1 Å². The molecule has 0 radical (unpaired) electrons. The van der Waals surface area contributed by atoms with E-state index < -0.39 is 6.04 Å². The number of ether oxygens (including phenoxy) is 3. The second kappa shape index (κ2) is 12.3. The molecule has 3 aliphatic rings. The fraction of sp³-hybridized carbons (Fsp3) is 0.412. The number of nitrogens with one attached hydrogen (secondary N) is 2. The molecule has 45 heavy (non-hydrogen) atoms. The van der Waals surface area contributed by atoms with Crippen molar-refractivity contribution in [2.75, 3.05) is 46.3 Å². The monoisotopic (exact) mass is 614 g/mol. The van der Waals surface area contributed by atoms with Crippen LogP contribution >= 0.6 is 0 Å². The molecule has 1 aromatic heterocycles. The zero-order valence-electron chi connectivity index (χ0n) is 26.0. The Balaban J connectivity index is 1.32. The van der Waals surface area contributed by atoms with Gasteiger partial charge in [0.1, 0.15) is 0 Å². The van der Waals surface area contributed by atoms with Gasteiger partial charge in [-0.1, -0.05) is 12.1 Å². The van der Waals surface area contributed by atoms with Crippen LogP contribution in [0.25, 0.3) is 11.1 Å². The van der Waals surface area contributed by atoms with Crippen molar-refractivity contribution in [3.8, 4) is 28.4 Å². The van der Waals surface area contributed by atoms with Gasteiger partial charge in [0.15, 0.2) is 11.5 Å². The number of aromatic nitrogens is 1. The first-order valence-electron chi connectivity index (χ1n) is 15.2. The molecular weight excluding hydrogens is 576 g/mol. The molecule has 1 aliphatic carbocycles. The molecule has 2 aromatic carbocycles. The summed E-state index contributed by atoms with van der Waals surface area (Å²) in [4.78, 5) is 53.5. The number of carbonyl (C=O) groups excluding carboxylic acids is 2. The average molecular weight is 615 g/mol. The van der Waals surface area contributed by atoms with Crippen LogP contribution in [0.5, 0.6) is 17.2 Å². The number of fused-ring (bicyclic) bond motifs is 7. The van der Waals surface area contributed by atoms with Crippen molar-refractivity contribution in [3.63, 3.8) is 0 Å². The van der Waals surface area contributed by atoms with E-state index in [-0.39, 0.29) is 46.9 Å². The molecule has 3 heterocycles. The van der Waals surface area contributed by atoms with Crippen LogP contribution in [0, 0.1) is 5.92 Å². The smallest absolute Gasteiger partial charge is 0.250 e. The molecule has 2 amide bonds. The van der Waals surface area contributed by atoms with Gasteiger partial charge in [0.2, 0.25) is 23.0 Å². The maximum Gasteiger partial charge on any atom is 0.250 e. The zero-order chi connectivity index (χ0) is 31.8. The number of anilines is 1. The summed E-state index contributed by atoms with van der Waals surface area (Å²) in [5, 5.41) is 6.10. The van der Waals surface area contributed by atoms with E-state index in [4.69, 9.17) is 14.2 Å². The van der Waals surface area contributed by atoms with Gasteiger partial charge in [0.25, 0.3) is 5.56 Å². The highest BCUT2D eigenvalue weighted by atomic mass is 16.5. The zero-order valence-corrected chi connectivity index (χ0v) is 26.0. The first-order valence-corrected chi connectivity index (χ1v) is 15.2. The summed E-state index contributed by atoms with van der Waals surface area (Å²) in [6.07, 6.45) is 2.10. The predicted octanol–water partition coefficient (Wildman–Crippen LogP) is 3.08. The summed E-state index contributed by atoms with van der Waals surface area (Å²) in [5.41, 5.74) is 4.00. The lowest BCUT2D eigenvalue weighted by Gasteiger charge is -2.42. The van der Waals surface area contributed by atoms with Crippen molar-refractivity contribution >= 4 is 17.5 Å².